The van der Waals surface area contributed by atoms with Crippen LogP contribution >= 0.6 is 0 Å². The van der Waals surface area contributed by atoms with E-state index in [1.54, 1.807) is 0 Å². The lowest BCUT2D eigenvalue weighted by molar-refractivity contribution is 0.00578. The van der Waals surface area contributed by atoms with Crippen molar-refractivity contribution in [3.05, 3.63) is 54.1 Å². The molecule has 2 aliphatic rings. The fraction of sp³-hybridized carbons (Fsp3) is 0.417. The van der Waals surface area contributed by atoms with Crippen LogP contribution in [0.25, 0.3) is 16.7 Å². The molecular weight excluding hydrogens is 347 g/mol. The number of phenols is 1. The molecule has 2 aromatic carbocycles. The zero-order valence-corrected chi connectivity index (χ0v) is 17.3. The molecule has 4 rings (SSSR count). The molecule has 28 heavy (non-hydrogen) atoms. The van der Waals surface area contributed by atoms with Crippen molar-refractivity contribution >= 4 is 18.2 Å². The maximum Gasteiger partial charge on any atom is 0.495 e. The summed E-state index contributed by atoms with van der Waals surface area (Å²) in [5.41, 5.74) is 4.21. The highest BCUT2D eigenvalue weighted by Gasteiger charge is 2.52. The zero-order chi connectivity index (χ0) is 19.9. The first-order chi connectivity index (χ1) is 13.3. The molecule has 1 fully saturated rings. The quantitative estimate of drug-likeness (QED) is 0.738. The molecule has 146 valence electrons. The van der Waals surface area contributed by atoms with Crippen LogP contribution in [0.15, 0.2) is 48.5 Å². The Labute approximate surface area is 168 Å². The molecular formula is C24H29BO3. The summed E-state index contributed by atoms with van der Waals surface area (Å²) in [5, 5.41) is 11.1. The van der Waals surface area contributed by atoms with Crippen LogP contribution in [0.1, 0.15) is 58.9 Å². The summed E-state index contributed by atoms with van der Waals surface area (Å²) in [6, 6.07) is 14.1. The van der Waals surface area contributed by atoms with Crippen molar-refractivity contribution < 1.29 is 14.4 Å². The van der Waals surface area contributed by atoms with Gasteiger partial charge in [0.25, 0.3) is 0 Å². The lowest BCUT2D eigenvalue weighted by Crippen LogP contribution is -2.41. The summed E-state index contributed by atoms with van der Waals surface area (Å²) in [5.74, 6) is 0.305. The van der Waals surface area contributed by atoms with Gasteiger partial charge < -0.3 is 14.4 Å². The topological polar surface area (TPSA) is 38.7 Å². The van der Waals surface area contributed by atoms with Gasteiger partial charge in [0.1, 0.15) is 5.75 Å². The molecule has 1 saturated heterocycles. The maximum absolute atomic E-state index is 11.1. The number of allylic oxidation sites excluding steroid dienone is 2. The molecule has 0 unspecified atom stereocenters. The molecule has 1 aliphatic carbocycles. The molecule has 0 radical (unpaired) electrons. The first-order valence-electron chi connectivity index (χ1n) is 10.3. The molecule has 0 bridgehead atoms. The number of benzene rings is 2. The third kappa shape index (κ3) is 3.40. The van der Waals surface area contributed by atoms with Crippen molar-refractivity contribution in [2.75, 3.05) is 0 Å². The van der Waals surface area contributed by atoms with Crippen LogP contribution in [-0.2, 0) is 9.31 Å². The Kier molecular flexibility index (Phi) is 4.89. The van der Waals surface area contributed by atoms with E-state index in [1.807, 2.05) is 24.3 Å². The Balaban J connectivity index is 1.86. The number of phenolic OH excluding ortho intramolecular Hbond substituents is 1. The molecule has 0 spiro atoms. The van der Waals surface area contributed by atoms with E-state index < -0.39 is 18.3 Å². The van der Waals surface area contributed by atoms with Gasteiger partial charge in [-0.05, 0) is 81.6 Å². The second-order valence-electron chi connectivity index (χ2n) is 8.89. The Morgan fingerprint density at radius 2 is 1.57 bits per heavy atom. The molecule has 1 heterocycles. The fourth-order valence-corrected chi connectivity index (χ4v) is 4.02. The van der Waals surface area contributed by atoms with E-state index in [-0.39, 0.29) is 0 Å². The largest absolute Gasteiger partial charge is 0.507 e. The Morgan fingerprint density at radius 3 is 2.18 bits per heavy atom. The van der Waals surface area contributed by atoms with Crippen molar-refractivity contribution in [1.29, 1.82) is 0 Å². The predicted octanol–water partition coefficient (Wildman–Crippen LogP) is 5.32. The minimum absolute atomic E-state index is 0.305. The van der Waals surface area contributed by atoms with Crippen LogP contribution in [0, 0.1) is 0 Å². The Hall–Kier alpha value is -2.04. The standard InChI is InChI=1S/C24H29BO3/c1-23(2)24(3,4)28-25(27-23)20-15-19(17-11-7-5-8-12-17)16-21(26)22(20)18-13-9-6-10-14-18/h5,7-8,11-13,15-16,26H,6,9-10,14H2,1-4H3. The predicted molar refractivity (Wildman–Crippen MR) is 116 cm³/mol. The van der Waals surface area contributed by atoms with Gasteiger partial charge in [-0.1, -0.05) is 42.5 Å². The van der Waals surface area contributed by atoms with Crippen LogP contribution in [0.4, 0.5) is 0 Å². The van der Waals surface area contributed by atoms with Gasteiger partial charge >= 0.3 is 7.12 Å². The van der Waals surface area contributed by atoms with E-state index in [4.69, 9.17) is 9.31 Å². The molecule has 1 aliphatic heterocycles. The highest BCUT2D eigenvalue weighted by molar-refractivity contribution is 6.63. The molecule has 0 amide bonds. The van der Waals surface area contributed by atoms with Crippen molar-refractivity contribution in [3.8, 4) is 16.9 Å². The highest BCUT2D eigenvalue weighted by Crippen LogP contribution is 2.40. The molecule has 1 N–H and O–H groups in total. The highest BCUT2D eigenvalue weighted by atomic mass is 16.7. The summed E-state index contributed by atoms with van der Waals surface area (Å²) in [7, 11) is -0.502. The first-order valence-corrected chi connectivity index (χ1v) is 10.3. The molecule has 0 aromatic heterocycles. The van der Waals surface area contributed by atoms with Gasteiger partial charge in [0.15, 0.2) is 0 Å². The van der Waals surface area contributed by atoms with Gasteiger partial charge in [0.05, 0.1) is 11.2 Å². The minimum Gasteiger partial charge on any atom is -0.507 e. The number of hydrogen-bond donors (Lipinski definition) is 1. The zero-order valence-electron chi connectivity index (χ0n) is 17.3. The van der Waals surface area contributed by atoms with Gasteiger partial charge in [-0.25, -0.2) is 0 Å². The molecule has 4 heteroatoms. The molecule has 2 aromatic rings. The van der Waals surface area contributed by atoms with Crippen molar-refractivity contribution in [2.45, 2.75) is 64.6 Å². The fourth-order valence-electron chi connectivity index (χ4n) is 4.02. The third-order valence-electron chi connectivity index (χ3n) is 6.37. The lowest BCUT2D eigenvalue weighted by atomic mass is 9.71. The Bertz CT molecular complexity index is 884. The second-order valence-corrected chi connectivity index (χ2v) is 8.89. The van der Waals surface area contributed by atoms with Crippen molar-refractivity contribution in [1.82, 2.24) is 0 Å². The van der Waals surface area contributed by atoms with E-state index in [0.717, 1.165) is 41.4 Å². The van der Waals surface area contributed by atoms with Crippen molar-refractivity contribution in [2.24, 2.45) is 0 Å². The van der Waals surface area contributed by atoms with Crippen molar-refractivity contribution in [3.63, 3.8) is 0 Å². The normalized spacial score (nSPS) is 20.9. The van der Waals surface area contributed by atoms with E-state index >= 15 is 0 Å². The SMILES string of the molecule is CC1(C)OB(c2cc(-c3ccccc3)cc(O)c2C2=CCCCC2)OC1(C)C. The summed E-state index contributed by atoms with van der Waals surface area (Å²) in [4.78, 5) is 0. The van der Waals surface area contributed by atoms with Gasteiger partial charge in [-0.15, -0.1) is 0 Å². The van der Waals surface area contributed by atoms with Crippen LogP contribution in [0.3, 0.4) is 0 Å². The lowest BCUT2D eigenvalue weighted by Gasteiger charge is -2.32. The molecule has 0 atom stereocenters. The molecule has 0 saturated carbocycles. The monoisotopic (exact) mass is 376 g/mol. The second kappa shape index (κ2) is 7.09. The van der Waals surface area contributed by atoms with Gasteiger partial charge in [-0.3, -0.25) is 0 Å². The van der Waals surface area contributed by atoms with Gasteiger partial charge in [0, 0.05) is 5.56 Å². The Morgan fingerprint density at radius 1 is 0.893 bits per heavy atom. The maximum atomic E-state index is 11.1. The average molecular weight is 376 g/mol. The van der Waals surface area contributed by atoms with E-state index in [2.05, 4.69) is 52.0 Å². The van der Waals surface area contributed by atoms with Crippen LogP contribution in [-0.4, -0.2) is 23.4 Å². The number of rotatable bonds is 3. The average Bonchev–Trinajstić information content (AvgIpc) is 2.90. The van der Waals surface area contributed by atoms with E-state index in [9.17, 15) is 5.11 Å². The summed E-state index contributed by atoms with van der Waals surface area (Å²) in [6.45, 7) is 8.25. The summed E-state index contributed by atoms with van der Waals surface area (Å²) in [6.07, 6.45) is 6.64. The van der Waals surface area contributed by atoms with Crippen LogP contribution in [0.2, 0.25) is 0 Å². The minimum atomic E-state index is -0.502. The van der Waals surface area contributed by atoms with Gasteiger partial charge in [-0.2, -0.15) is 0 Å². The first kappa shape index (κ1) is 19.3. The van der Waals surface area contributed by atoms with E-state index in [1.165, 1.54) is 12.0 Å². The smallest absolute Gasteiger partial charge is 0.495 e. The summed E-state index contributed by atoms with van der Waals surface area (Å²) < 4.78 is 12.7. The summed E-state index contributed by atoms with van der Waals surface area (Å²) >= 11 is 0. The van der Waals surface area contributed by atoms with E-state index in [0.29, 0.717) is 5.75 Å². The number of aromatic hydroxyl groups is 1. The van der Waals surface area contributed by atoms with Gasteiger partial charge in [0.2, 0.25) is 0 Å². The molecule has 3 nitrogen and oxygen atoms in total. The van der Waals surface area contributed by atoms with Crippen LogP contribution < -0.4 is 5.46 Å². The number of hydrogen-bond acceptors (Lipinski definition) is 3. The third-order valence-corrected chi connectivity index (χ3v) is 6.37. The van der Waals surface area contributed by atoms with Crippen LogP contribution in [0.5, 0.6) is 5.75 Å².